The number of nitro groups is 1. The van der Waals surface area contributed by atoms with Gasteiger partial charge < -0.3 is 0 Å². The Kier molecular flexibility index (Phi) is 2.82. The predicted molar refractivity (Wildman–Crippen MR) is 51.9 cm³/mol. The Hall–Kier alpha value is -1.89. The van der Waals surface area contributed by atoms with E-state index in [-0.39, 0.29) is 11.6 Å². The third kappa shape index (κ3) is 1.88. The topological polar surface area (TPSA) is 66.9 Å². The van der Waals surface area contributed by atoms with Crippen molar-refractivity contribution in [3.05, 3.63) is 39.4 Å². The van der Waals surface area contributed by atoms with Crippen LogP contribution in [0, 0.1) is 21.4 Å². The molecule has 0 amide bonds. The van der Waals surface area contributed by atoms with Crippen LogP contribution in [0.25, 0.3) is 0 Å². The van der Waals surface area contributed by atoms with E-state index in [0.29, 0.717) is 5.56 Å². The minimum Gasteiger partial charge on any atom is -0.258 e. The van der Waals surface area contributed by atoms with Crippen LogP contribution in [0.15, 0.2) is 18.2 Å². The molecule has 14 heavy (non-hydrogen) atoms. The molecule has 1 aromatic rings. The van der Waals surface area contributed by atoms with Gasteiger partial charge in [0.25, 0.3) is 5.69 Å². The Morgan fingerprint density at radius 1 is 1.50 bits per heavy atom. The predicted octanol–water partition coefficient (Wildman–Crippen LogP) is 2.59. The lowest BCUT2D eigenvalue weighted by Crippen LogP contribution is -1.95. The van der Waals surface area contributed by atoms with Crippen molar-refractivity contribution < 1.29 is 4.92 Å². The van der Waals surface area contributed by atoms with Crippen molar-refractivity contribution in [2.45, 2.75) is 19.8 Å². The summed E-state index contributed by atoms with van der Waals surface area (Å²) in [6.07, 6.45) is 0. The lowest BCUT2D eigenvalue weighted by Gasteiger charge is -2.06. The van der Waals surface area contributed by atoms with Crippen LogP contribution >= 0.6 is 0 Å². The Labute approximate surface area is 81.9 Å². The molecule has 4 nitrogen and oxygen atoms in total. The number of hydrogen-bond donors (Lipinski definition) is 0. The molecule has 0 saturated heterocycles. The van der Waals surface area contributed by atoms with Crippen molar-refractivity contribution >= 4 is 5.69 Å². The lowest BCUT2D eigenvalue weighted by atomic mass is 9.97. The van der Waals surface area contributed by atoms with Gasteiger partial charge in [-0.2, -0.15) is 5.26 Å². The molecule has 0 saturated carbocycles. The highest BCUT2D eigenvalue weighted by molar-refractivity contribution is 5.46. The van der Waals surface area contributed by atoms with Crippen molar-refractivity contribution in [2.75, 3.05) is 0 Å². The number of nitro benzene ring substituents is 1. The van der Waals surface area contributed by atoms with Gasteiger partial charge in [0.15, 0.2) is 0 Å². The van der Waals surface area contributed by atoms with E-state index in [0.717, 1.165) is 5.56 Å². The molecule has 0 bridgehead atoms. The summed E-state index contributed by atoms with van der Waals surface area (Å²) in [5.41, 5.74) is 1.26. The molecule has 72 valence electrons. The number of hydrogen-bond acceptors (Lipinski definition) is 3. The molecule has 1 aromatic carbocycles. The molecule has 0 unspecified atom stereocenters. The number of benzene rings is 1. The van der Waals surface area contributed by atoms with Crippen LogP contribution in [0.5, 0.6) is 0 Å². The second-order valence-corrected chi connectivity index (χ2v) is 3.30. The fourth-order valence-electron chi connectivity index (χ4n) is 1.24. The summed E-state index contributed by atoms with van der Waals surface area (Å²) >= 11 is 0. The molecule has 0 aliphatic carbocycles. The molecule has 0 N–H and O–H groups in total. The van der Waals surface area contributed by atoms with Crippen molar-refractivity contribution in [3.63, 3.8) is 0 Å². The zero-order valence-electron chi connectivity index (χ0n) is 8.02. The monoisotopic (exact) mass is 190 g/mol. The number of nitriles is 1. The number of non-ortho nitro benzene ring substituents is 1. The van der Waals surface area contributed by atoms with Gasteiger partial charge >= 0.3 is 0 Å². The first-order chi connectivity index (χ1) is 6.56. The molecule has 4 heteroatoms. The maximum Gasteiger partial charge on any atom is 0.269 e. The van der Waals surface area contributed by atoms with E-state index in [1.165, 1.54) is 18.2 Å². The maximum atomic E-state index is 10.5. The van der Waals surface area contributed by atoms with E-state index in [9.17, 15) is 10.1 Å². The first-order valence-electron chi connectivity index (χ1n) is 4.24. The van der Waals surface area contributed by atoms with Crippen LogP contribution in [-0.2, 0) is 0 Å². The maximum absolute atomic E-state index is 10.5. The van der Waals surface area contributed by atoms with Gasteiger partial charge in [-0.1, -0.05) is 13.8 Å². The Bertz CT molecular complexity index is 405. The Balaban J connectivity index is 3.29. The fraction of sp³-hybridized carbons (Fsp3) is 0.300. The van der Waals surface area contributed by atoms with Crippen molar-refractivity contribution in [3.8, 4) is 6.07 Å². The van der Waals surface area contributed by atoms with Gasteiger partial charge in [0.1, 0.15) is 0 Å². The summed E-state index contributed by atoms with van der Waals surface area (Å²) in [6.45, 7) is 3.81. The zero-order chi connectivity index (χ0) is 10.7. The highest BCUT2D eigenvalue weighted by Gasteiger charge is 2.12. The molecule has 0 aliphatic rings. The summed E-state index contributed by atoms with van der Waals surface area (Å²) < 4.78 is 0. The molecule has 0 fully saturated rings. The average Bonchev–Trinajstić information content (AvgIpc) is 2.16. The van der Waals surface area contributed by atoms with E-state index >= 15 is 0 Å². The SMILES string of the molecule is CC(C)c1cc([N+](=O)[O-])ccc1C#N. The number of rotatable bonds is 2. The molecule has 0 aliphatic heterocycles. The van der Waals surface area contributed by atoms with Crippen LogP contribution < -0.4 is 0 Å². The summed E-state index contributed by atoms with van der Waals surface area (Å²) in [5.74, 6) is 0.115. The van der Waals surface area contributed by atoms with E-state index < -0.39 is 4.92 Å². The minimum absolute atomic E-state index is 0.0349. The summed E-state index contributed by atoms with van der Waals surface area (Å²) in [4.78, 5) is 10.0. The second-order valence-electron chi connectivity index (χ2n) is 3.30. The van der Waals surface area contributed by atoms with Gasteiger partial charge in [-0.15, -0.1) is 0 Å². The third-order valence-electron chi connectivity index (χ3n) is 1.99. The molecule has 1 rings (SSSR count). The standard InChI is InChI=1S/C10H10N2O2/c1-7(2)10-5-9(12(13)14)4-3-8(10)6-11/h3-5,7H,1-2H3. The van der Waals surface area contributed by atoms with Gasteiger partial charge in [0.05, 0.1) is 16.6 Å². The normalized spacial score (nSPS) is 9.86. The van der Waals surface area contributed by atoms with E-state index in [2.05, 4.69) is 0 Å². The van der Waals surface area contributed by atoms with Crippen LogP contribution in [0.3, 0.4) is 0 Å². The first-order valence-corrected chi connectivity index (χ1v) is 4.24. The van der Waals surface area contributed by atoms with Gasteiger partial charge in [-0.05, 0) is 17.5 Å². The largest absolute Gasteiger partial charge is 0.269 e. The van der Waals surface area contributed by atoms with Crippen LogP contribution in [-0.4, -0.2) is 4.92 Å². The van der Waals surface area contributed by atoms with Gasteiger partial charge in [-0.25, -0.2) is 0 Å². The molecule has 0 radical (unpaired) electrons. The van der Waals surface area contributed by atoms with Gasteiger partial charge in [0.2, 0.25) is 0 Å². The molecular weight excluding hydrogens is 180 g/mol. The molecule has 0 heterocycles. The van der Waals surface area contributed by atoms with Crippen LogP contribution in [0.2, 0.25) is 0 Å². The van der Waals surface area contributed by atoms with Gasteiger partial charge in [0, 0.05) is 12.1 Å². The van der Waals surface area contributed by atoms with E-state index in [1.807, 2.05) is 19.9 Å². The van der Waals surface area contributed by atoms with E-state index in [4.69, 9.17) is 5.26 Å². The van der Waals surface area contributed by atoms with Crippen LogP contribution in [0.1, 0.15) is 30.9 Å². The zero-order valence-corrected chi connectivity index (χ0v) is 8.02. The molecule has 0 spiro atoms. The summed E-state index contributed by atoms with van der Waals surface area (Å²) in [5, 5.41) is 19.3. The van der Waals surface area contributed by atoms with Crippen molar-refractivity contribution in [1.29, 1.82) is 5.26 Å². The first kappa shape index (κ1) is 10.2. The molecule has 0 atom stereocenters. The van der Waals surface area contributed by atoms with Gasteiger partial charge in [-0.3, -0.25) is 10.1 Å². The Morgan fingerprint density at radius 2 is 2.14 bits per heavy atom. The minimum atomic E-state index is -0.451. The smallest absolute Gasteiger partial charge is 0.258 e. The highest BCUT2D eigenvalue weighted by atomic mass is 16.6. The van der Waals surface area contributed by atoms with E-state index in [1.54, 1.807) is 0 Å². The average molecular weight is 190 g/mol. The molecular formula is C10H10N2O2. The summed E-state index contributed by atoms with van der Waals surface area (Å²) in [6, 6.07) is 6.33. The van der Waals surface area contributed by atoms with Crippen LogP contribution in [0.4, 0.5) is 5.69 Å². The summed E-state index contributed by atoms with van der Waals surface area (Å²) in [7, 11) is 0. The number of nitrogens with zero attached hydrogens (tertiary/aromatic N) is 2. The fourth-order valence-corrected chi connectivity index (χ4v) is 1.24. The highest BCUT2D eigenvalue weighted by Crippen LogP contribution is 2.23. The molecule has 0 aromatic heterocycles. The lowest BCUT2D eigenvalue weighted by molar-refractivity contribution is -0.384. The van der Waals surface area contributed by atoms with Crippen molar-refractivity contribution in [1.82, 2.24) is 0 Å². The quantitative estimate of drug-likeness (QED) is 0.531. The Morgan fingerprint density at radius 3 is 2.57 bits per heavy atom. The second kappa shape index (κ2) is 3.88. The van der Waals surface area contributed by atoms with Crippen molar-refractivity contribution in [2.24, 2.45) is 0 Å². The third-order valence-corrected chi connectivity index (χ3v) is 1.99.